The van der Waals surface area contributed by atoms with Gasteiger partial charge in [-0.15, -0.1) is 0 Å². The first-order valence-electron chi connectivity index (χ1n) is 9.15. The maximum atomic E-state index is 13.1. The van der Waals surface area contributed by atoms with Gasteiger partial charge in [-0.3, -0.25) is 14.5 Å². The molecule has 25 heavy (non-hydrogen) atoms. The fraction of sp³-hybridized carbons (Fsp3) is 0.579. The Morgan fingerprint density at radius 1 is 1.32 bits per heavy atom. The van der Waals surface area contributed by atoms with Gasteiger partial charge >= 0.3 is 0 Å². The Morgan fingerprint density at radius 2 is 2.08 bits per heavy atom. The number of hydrogen-bond donors (Lipinski definition) is 2. The van der Waals surface area contributed by atoms with Gasteiger partial charge in [0.15, 0.2) is 0 Å². The zero-order valence-electron chi connectivity index (χ0n) is 14.6. The predicted octanol–water partition coefficient (Wildman–Crippen LogP) is 1.61. The number of hydrogen-bond acceptors (Lipinski definition) is 4. The molecular formula is C19H25N3O3. The summed E-state index contributed by atoms with van der Waals surface area (Å²) in [6.45, 7) is 5.07. The van der Waals surface area contributed by atoms with Gasteiger partial charge in [-0.2, -0.15) is 0 Å². The van der Waals surface area contributed by atoms with E-state index >= 15 is 0 Å². The molecule has 0 aromatic heterocycles. The zero-order chi connectivity index (χ0) is 17.4. The van der Waals surface area contributed by atoms with Gasteiger partial charge in [0, 0.05) is 18.8 Å². The SMILES string of the molecule is C[C@@H](NC(=O)C1(N2CCOCC2)CCC1)c1ccc2c(c1)CC(=O)N2. The van der Waals surface area contributed by atoms with E-state index in [0.29, 0.717) is 19.6 Å². The molecule has 1 aliphatic carbocycles. The molecule has 0 bridgehead atoms. The number of carbonyl (C=O) groups is 2. The number of anilines is 1. The number of fused-ring (bicyclic) bond motifs is 1. The van der Waals surface area contributed by atoms with Crippen LogP contribution >= 0.6 is 0 Å². The lowest BCUT2D eigenvalue weighted by molar-refractivity contribution is -0.145. The normalized spacial score (nSPS) is 23.3. The van der Waals surface area contributed by atoms with Crippen molar-refractivity contribution in [1.29, 1.82) is 0 Å². The van der Waals surface area contributed by atoms with Crippen LogP contribution in [0.2, 0.25) is 0 Å². The maximum Gasteiger partial charge on any atom is 0.241 e. The summed E-state index contributed by atoms with van der Waals surface area (Å²) in [5.74, 6) is 0.160. The van der Waals surface area contributed by atoms with Crippen LogP contribution in [-0.2, 0) is 20.7 Å². The van der Waals surface area contributed by atoms with Crippen molar-refractivity contribution in [1.82, 2.24) is 10.2 Å². The minimum absolute atomic E-state index is 0.0320. The third-order valence-electron chi connectivity index (χ3n) is 5.82. The van der Waals surface area contributed by atoms with Gasteiger partial charge in [0.25, 0.3) is 0 Å². The summed E-state index contributed by atoms with van der Waals surface area (Å²) in [5, 5.41) is 6.06. The molecule has 0 spiro atoms. The van der Waals surface area contributed by atoms with Crippen LogP contribution in [0.15, 0.2) is 18.2 Å². The molecule has 0 unspecified atom stereocenters. The third kappa shape index (κ3) is 2.93. The van der Waals surface area contributed by atoms with Gasteiger partial charge in [-0.05, 0) is 43.4 Å². The van der Waals surface area contributed by atoms with Gasteiger partial charge in [0.1, 0.15) is 5.54 Å². The van der Waals surface area contributed by atoms with Gasteiger partial charge in [0.05, 0.1) is 25.7 Å². The van der Waals surface area contributed by atoms with Crippen LogP contribution in [0.3, 0.4) is 0 Å². The molecule has 1 saturated carbocycles. The Balaban J connectivity index is 1.46. The highest BCUT2D eigenvalue weighted by molar-refractivity contribution is 5.99. The van der Waals surface area contributed by atoms with Crippen LogP contribution in [0, 0.1) is 0 Å². The summed E-state index contributed by atoms with van der Waals surface area (Å²) >= 11 is 0. The van der Waals surface area contributed by atoms with Crippen LogP contribution in [0.25, 0.3) is 0 Å². The fourth-order valence-electron chi connectivity index (χ4n) is 4.12. The smallest absolute Gasteiger partial charge is 0.241 e. The second-order valence-electron chi connectivity index (χ2n) is 7.32. The Kier molecular flexibility index (Phi) is 4.25. The van der Waals surface area contributed by atoms with Crippen molar-refractivity contribution in [3.05, 3.63) is 29.3 Å². The van der Waals surface area contributed by atoms with Crippen molar-refractivity contribution in [2.75, 3.05) is 31.6 Å². The molecule has 2 aliphatic heterocycles. The summed E-state index contributed by atoms with van der Waals surface area (Å²) in [6, 6.07) is 5.86. The molecule has 1 atom stereocenters. The molecule has 2 N–H and O–H groups in total. The van der Waals surface area contributed by atoms with Crippen LogP contribution in [0.5, 0.6) is 0 Å². The molecule has 134 valence electrons. The molecule has 1 aromatic carbocycles. The highest BCUT2D eigenvalue weighted by Gasteiger charge is 2.49. The lowest BCUT2D eigenvalue weighted by Crippen LogP contribution is -2.65. The Hall–Kier alpha value is -1.92. The van der Waals surface area contributed by atoms with E-state index in [2.05, 4.69) is 15.5 Å². The van der Waals surface area contributed by atoms with Crippen LogP contribution < -0.4 is 10.6 Å². The molecule has 6 nitrogen and oxygen atoms in total. The summed E-state index contributed by atoms with van der Waals surface area (Å²) in [7, 11) is 0. The van der Waals surface area contributed by atoms with E-state index in [-0.39, 0.29) is 23.4 Å². The van der Waals surface area contributed by atoms with Crippen molar-refractivity contribution in [2.24, 2.45) is 0 Å². The summed E-state index contributed by atoms with van der Waals surface area (Å²) in [4.78, 5) is 26.9. The largest absolute Gasteiger partial charge is 0.379 e. The average molecular weight is 343 g/mol. The number of nitrogens with one attached hydrogen (secondary N) is 2. The second-order valence-corrected chi connectivity index (χ2v) is 7.32. The van der Waals surface area contributed by atoms with Crippen molar-refractivity contribution >= 4 is 17.5 Å². The number of amides is 2. The Bertz CT molecular complexity index is 693. The van der Waals surface area contributed by atoms with Crippen molar-refractivity contribution in [2.45, 2.75) is 44.2 Å². The minimum atomic E-state index is -0.355. The maximum absolute atomic E-state index is 13.1. The minimum Gasteiger partial charge on any atom is -0.379 e. The summed E-state index contributed by atoms with van der Waals surface area (Å²) < 4.78 is 5.44. The number of ether oxygens (including phenoxy) is 1. The Morgan fingerprint density at radius 3 is 2.76 bits per heavy atom. The van der Waals surface area contributed by atoms with Crippen LogP contribution in [0.1, 0.15) is 43.4 Å². The van der Waals surface area contributed by atoms with E-state index in [0.717, 1.165) is 49.2 Å². The standard InChI is InChI=1S/C19H25N3O3/c1-13(14-3-4-16-15(11-14)12-17(23)21-16)20-18(24)19(5-2-6-19)22-7-9-25-10-8-22/h3-4,11,13H,2,5-10,12H2,1H3,(H,20,24)(H,21,23)/t13-/m1/s1. The average Bonchev–Trinajstić information content (AvgIpc) is 2.94. The van der Waals surface area contributed by atoms with Gasteiger partial charge in [-0.25, -0.2) is 0 Å². The fourth-order valence-corrected chi connectivity index (χ4v) is 4.12. The molecule has 2 heterocycles. The number of carbonyl (C=O) groups excluding carboxylic acids is 2. The van der Waals surface area contributed by atoms with E-state index in [1.165, 1.54) is 0 Å². The highest BCUT2D eigenvalue weighted by Crippen LogP contribution is 2.39. The molecule has 2 amide bonds. The summed E-state index contributed by atoms with van der Waals surface area (Å²) in [5.41, 5.74) is 2.58. The second kappa shape index (κ2) is 6.42. The third-order valence-corrected chi connectivity index (χ3v) is 5.82. The van der Waals surface area contributed by atoms with E-state index in [9.17, 15) is 9.59 Å². The quantitative estimate of drug-likeness (QED) is 0.871. The lowest BCUT2D eigenvalue weighted by atomic mass is 9.74. The van der Waals surface area contributed by atoms with Gasteiger partial charge < -0.3 is 15.4 Å². The number of rotatable bonds is 4. The number of morpholine rings is 1. The molecule has 2 fully saturated rings. The van der Waals surface area contributed by atoms with Gasteiger partial charge in [-0.1, -0.05) is 12.1 Å². The molecule has 1 saturated heterocycles. The first kappa shape index (κ1) is 16.5. The monoisotopic (exact) mass is 343 g/mol. The highest BCUT2D eigenvalue weighted by atomic mass is 16.5. The van der Waals surface area contributed by atoms with Crippen molar-refractivity contribution in [3.63, 3.8) is 0 Å². The topological polar surface area (TPSA) is 70.7 Å². The van der Waals surface area contributed by atoms with Crippen molar-refractivity contribution in [3.8, 4) is 0 Å². The molecule has 0 radical (unpaired) electrons. The molecule has 6 heteroatoms. The molecular weight excluding hydrogens is 318 g/mol. The Labute approximate surface area is 147 Å². The molecule has 1 aromatic rings. The molecule has 3 aliphatic rings. The number of benzene rings is 1. The summed E-state index contributed by atoms with van der Waals surface area (Å²) in [6.07, 6.45) is 3.37. The number of nitrogens with zero attached hydrogens (tertiary/aromatic N) is 1. The van der Waals surface area contributed by atoms with Crippen LogP contribution in [-0.4, -0.2) is 48.6 Å². The first-order valence-corrected chi connectivity index (χ1v) is 9.15. The predicted molar refractivity (Wildman–Crippen MR) is 94.3 cm³/mol. The van der Waals surface area contributed by atoms with E-state index in [1.54, 1.807) is 0 Å². The van der Waals surface area contributed by atoms with E-state index in [4.69, 9.17) is 4.74 Å². The zero-order valence-corrected chi connectivity index (χ0v) is 14.6. The van der Waals surface area contributed by atoms with E-state index in [1.807, 2.05) is 25.1 Å². The first-order chi connectivity index (χ1) is 12.1. The lowest BCUT2D eigenvalue weighted by Gasteiger charge is -2.50. The van der Waals surface area contributed by atoms with Crippen molar-refractivity contribution < 1.29 is 14.3 Å². The van der Waals surface area contributed by atoms with Gasteiger partial charge in [0.2, 0.25) is 11.8 Å². The van der Waals surface area contributed by atoms with Crippen LogP contribution in [0.4, 0.5) is 5.69 Å². The van der Waals surface area contributed by atoms with E-state index < -0.39 is 0 Å². The molecule has 4 rings (SSSR count).